The van der Waals surface area contributed by atoms with Crippen molar-refractivity contribution in [2.24, 2.45) is 0 Å². The molecule has 0 saturated carbocycles. The van der Waals surface area contributed by atoms with Gasteiger partial charge in [-0.25, -0.2) is 8.78 Å². The average Bonchev–Trinajstić information content (AvgIpc) is 2.67. The lowest BCUT2D eigenvalue weighted by molar-refractivity contribution is 0.0822. The number of methoxy groups -OCH3 is 1. The summed E-state index contributed by atoms with van der Waals surface area (Å²) in [6, 6.07) is 15.6. The highest BCUT2D eigenvalue weighted by atomic mass is 35.5. The van der Waals surface area contributed by atoms with Crippen molar-refractivity contribution in [3.8, 4) is 17.2 Å². The molecule has 0 fully saturated rings. The zero-order chi connectivity index (χ0) is 21.7. The lowest BCUT2D eigenvalue weighted by Crippen LogP contribution is -2.24. The van der Waals surface area contributed by atoms with Crippen LogP contribution in [-0.4, -0.2) is 13.7 Å². The van der Waals surface area contributed by atoms with E-state index in [0.717, 1.165) is 5.56 Å². The topological polar surface area (TPSA) is 27.7 Å². The van der Waals surface area contributed by atoms with Crippen LogP contribution in [0.4, 0.5) is 8.78 Å². The molecule has 0 bridgehead atoms. The average molecular weight is 433 g/mol. The Balaban J connectivity index is 1.65. The summed E-state index contributed by atoms with van der Waals surface area (Å²) in [7, 11) is 1.57. The summed E-state index contributed by atoms with van der Waals surface area (Å²) in [5.74, 6) is 0.310. The van der Waals surface area contributed by atoms with E-state index in [1.54, 1.807) is 19.2 Å². The van der Waals surface area contributed by atoms with Gasteiger partial charge in [0.05, 0.1) is 25.3 Å². The van der Waals surface area contributed by atoms with Crippen LogP contribution < -0.4 is 9.47 Å². The van der Waals surface area contributed by atoms with Crippen LogP contribution in [0.2, 0.25) is 5.02 Å². The van der Waals surface area contributed by atoms with Crippen LogP contribution in [0.3, 0.4) is 0 Å². The zero-order valence-corrected chi connectivity index (χ0v) is 17.8. The molecule has 0 N–H and O–H groups in total. The fourth-order valence-corrected chi connectivity index (χ4v) is 3.28. The van der Waals surface area contributed by atoms with Gasteiger partial charge in [-0.15, -0.1) is 0 Å². The van der Waals surface area contributed by atoms with Crippen molar-refractivity contribution < 1.29 is 23.0 Å². The maximum atomic E-state index is 14.0. The van der Waals surface area contributed by atoms with Crippen molar-refractivity contribution in [3.05, 3.63) is 88.4 Å². The van der Waals surface area contributed by atoms with E-state index in [9.17, 15) is 8.78 Å². The maximum absolute atomic E-state index is 14.0. The molecule has 0 aliphatic carbocycles. The highest BCUT2D eigenvalue weighted by Gasteiger charge is 2.22. The minimum Gasteiger partial charge on any atom is -0.495 e. The van der Waals surface area contributed by atoms with E-state index in [-0.39, 0.29) is 17.8 Å². The second-order valence-electron chi connectivity index (χ2n) is 7.58. The van der Waals surface area contributed by atoms with Gasteiger partial charge in [0.2, 0.25) is 0 Å². The van der Waals surface area contributed by atoms with Gasteiger partial charge in [-0.3, -0.25) is 0 Å². The highest BCUT2D eigenvalue weighted by molar-refractivity contribution is 6.32. The van der Waals surface area contributed by atoms with Crippen LogP contribution in [-0.2, 0) is 16.8 Å². The van der Waals surface area contributed by atoms with Gasteiger partial charge in [0, 0.05) is 17.5 Å². The van der Waals surface area contributed by atoms with Gasteiger partial charge in [-0.05, 0) is 47.5 Å². The Morgan fingerprint density at radius 3 is 2.37 bits per heavy atom. The third kappa shape index (κ3) is 5.71. The minimum absolute atomic E-state index is 0.199. The molecule has 158 valence electrons. The molecule has 0 saturated heterocycles. The Bertz CT molecular complexity index is 1020. The SMILES string of the molecule is COc1ccc(C(C)(C)COCc2cc(F)cc(Oc3cccc(F)c3)c2)cc1Cl. The van der Waals surface area contributed by atoms with E-state index in [1.807, 2.05) is 32.0 Å². The van der Waals surface area contributed by atoms with Crippen molar-refractivity contribution >= 4 is 11.6 Å². The zero-order valence-electron chi connectivity index (χ0n) is 17.0. The quantitative estimate of drug-likeness (QED) is 0.387. The van der Waals surface area contributed by atoms with Gasteiger partial charge >= 0.3 is 0 Å². The van der Waals surface area contributed by atoms with Crippen LogP contribution in [0, 0.1) is 11.6 Å². The Hall–Kier alpha value is -2.63. The Labute approximate surface area is 180 Å². The molecule has 3 rings (SSSR count). The van der Waals surface area contributed by atoms with Crippen molar-refractivity contribution in [3.63, 3.8) is 0 Å². The molecule has 0 spiro atoms. The fourth-order valence-electron chi connectivity index (χ4n) is 3.02. The largest absolute Gasteiger partial charge is 0.495 e. The van der Waals surface area contributed by atoms with Crippen LogP contribution >= 0.6 is 11.6 Å². The van der Waals surface area contributed by atoms with Gasteiger partial charge in [0.25, 0.3) is 0 Å². The van der Waals surface area contributed by atoms with Crippen molar-refractivity contribution in [2.75, 3.05) is 13.7 Å². The first kappa shape index (κ1) is 22.1. The first-order valence-electron chi connectivity index (χ1n) is 9.41. The van der Waals surface area contributed by atoms with Gasteiger partial charge < -0.3 is 14.2 Å². The van der Waals surface area contributed by atoms with Crippen LogP contribution in [0.15, 0.2) is 60.7 Å². The summed E-state index contributed by atoms with van der Waals surface area (Å²) in [5, 5.41) is 0.535. The number of benzene rings is 3. The smallest absolute Gasteiger partial charge is 0.137 e. The van der Waals surface area contributed by atoms with Crippen LogP contribution in [0.1, 0.15) is 25.0 Å². The first-order valence-corrected chi connectivity index (χ1v) is 9.79. The van der Waals surface area contributed by atoms with E-state index in [2.05, 4.69) is 0 Å². The Morgan fingerprint density at radius 1 is 0.900 bits per heavy atom. The third-order valence-electron chi connectivity index (χ3n) is 4.63. The second kappa shape index (κ2) is 9.45. The van der Waals surface area contributed by atoms with Gasteiger partial charge in [-0.2, -0.15) is 0 Å². The summed E-state index contributed by atoms with van der Waals surface area (Å²) in [4.78, 5) is 0. The molecular weight excluding hydrogens is 410 g/mol. The molecule has 0 atom stereocenters. The number of hydrogen-bond acceptors (Lipinski definition) is 3. The third-order valence-corrected chi connectivity index (χ3v) is 4.92. The monoisotopic (exact) mass is 432 g/mol. The maximum Gasteiger partial charge on any atom is 0.137 e. The molecule has 0 aromatic heterocycles. The van der Waals surface area contributed by atoms with E-state index in [4.69, 9.17) is 25.8 Å². The Morgan fingerprint density at radius 2 is 1.67 bits per heavy atom. The van der Waals surface area contributed by atoms with E-state index >= 15 is 0 Å². The van der Waals surface area contributed by atoms with Gasteiger partial charge in [0.15, 0.2) is 0 Å². The van der Waals surface area contributed by atoms with E-state index in [0.29, 0.717) is 28.7 Å². The lowest BCUT2D eigenvalue weighted by atomic mass is 9.85. The molecule has 0 aliphatic heterocycles. The van der Waals surface area contributed by atoms with Crippen molar-refractivity contribution in [1.82, 2.24) is 0 Å². The van der Waals surface area contributed by atoms with Gasteiger partial charge in [-0.1, -0.05) is 37.6 Å². The number of ether oxygens (including phenoxy) is 3. The lowest BCUT2D eigenvalue weighted by Gasteiger charge is -2.25. The highest BCUT2D eigenvalue weighted by Crippen LogP contribution is 2.32. The van der Waals surface area contributed by atoms with Crippen LogP contribution in [0.5, 0.6) is 17.2 Å². The molecular formula is C24H23ClF2O3. The standard InChI is InChI=1S/C24H23ClF2O3/c1-24(2,17-7-8-23(28-3)22(25)11-17)15-29-14-16-9-19(27)13-21(10-16)30-20-6-4-5-18(26)12-20/h4-13H,14-15H2,1-3H3. The summed E-state index contributed by atoms with van der Waals surface area (Å²) in [6.07, 6.45) is 0. The predicted molar refractivity (Wildman–Crippen MR) is 114 cm³/mol. The summed E-state index contributed by atoms with van der Waals surface area (Å²) >= 11 is 6.23. The summed E-state index contributed by atoms with van der Waals surface area (Å²) in [5.41, 5.74) is 1.30. The molecule has 0 amide bonds. The molecule has 30 heavy (non-hydrogen) atoms. The molecule has 3 nitrogen and oxygen atoms in total. The normalized spacial score (nSPS) is 11.4. The summed E-state index contributed by atoms with van der Waals surface area (Å²) in [6.45, 7) is 4.67. The minimum atomic E-state index is -0.455. The molecule has 3 aromatic carbocycles. The Kier molecular flexibility index (Phi) is 6.95. The number of rotatable bonds is 8. The van der Waals surface area contributed by atoms with Gasteiger partial charge in [0.1, 0.15) is 28.9 Å². The molecule has 0 unspecified atom stereocenters. The first-order chi connectivity index (χ1) is 14.3. The van der Waals surface area contributed by atoms with E-state index in [1.165, 1.54) is 30.3 Å². The molecule has 0 radical (unpaired) electrons. The summed E-state index contributed by atoms with van der Waals surface area (Å²) < 4.78 is 44.0. The van der Waals surface area contributed by atoms with Crippen molar-refractivity contribution in [1.29, 1.82) is 0 Å². The molecule has 3 aromatic rings. The molecule has 0 aliphatic rings. The van der Waals surface area contributed by atoms with Crippen LogP contribution in [0.25, 0.3) is 0 Å². The number of hydrogen-bond donors (Lipinski definition) is 0. The second-order valence-corrected chi connectivity index (χ2v) is 7.99. The molecule has 6 heteroatoms. The number of halogens is 3. The molecule has 0 heterocycles. The van der Waals surface area contributed by atoms with E-state index < -0.39 is 11.6 Å². The van der Waals surface area contributed by atoms with Crippen molar-refractivity contribution in [2.45, 2.75) is 25.9 Å². The predicted octanol–water partition coefficient (Wildman–Crippen LogP) is 6.91. The fraction of sp³-hybridized carbons (Fsp3) is 0.250.